The summed E-state index contributed by atoms with van der Waals surface area (Å²) < 4.78 is 19.2. The van der Waals surface area contributed by atoms with Crippen LogP contribution in [0.15, 0.2) is 24.3 Å². The zero-order valence-corrected chi connectivity index (χ0v) is 18.7. The fraction of sp³-hybridized carbons (Fsp3) is 0.667. The molecule has 3 unspecified atom stereocenters. The molecule has 0 spiro atoms. The molecule has 1 aromatic rings. The molecule has 166 valence electrons. The lowest BCUT2D eigenvalue weighted by Gasteiger charge is -2.35. The van der Waals surface area contributed by atoms with E-state index in [0.717, 1.165) is 31.7 Å². The van der Waals surface area contributed by atoms with E-state index in [1.165, 1.54) is 18.9 Å². The Labute approximate surface area is 186 Å². The molecule has 2 saturated heterocycles. The maximum absolute atomic E-state index is 13.7. The molecule has 0 aliphatic carbocycles. The summed E-state index contributed by atoms with van der Waals surface area (Å²) in [6.45, 7) is 7.69. The molecule has 8 heteroatoms. The molecule has 2 aliphatic rings. The van der Waals surface area contributed by atoms with Crippen molar-refractivity contribution in [2.45, 2.75) is 32.2 Å². The van der Waals surface area contributed by atoms with Crippen LogP contribution in [-0.4, -0.2) is 56.7 Å². The average molecular weight is 450 g/mol. The second-order valence-corrected chi connectivity index (χ2v) is 7.81. The Morgan fingerprint density at radius 1 is 1.34 bits per heavy atom. The lowest BCUT2D eigenvalue weighted by Crippen LogP contribution is -2.44. The molecular formula is C21H34Cl2FN3O2. The van der Waals surface area contributed by atoms with Crippen LogP contribution in [0.3, 0.4) is 0 Å². The van der Waals surface area contributed by atoms with Gasteiger partial charge in [-0.3, -0.25) is 9.69 Å². The molecule has 2 fully saturated rings. The number of halogens is 3. The van der Waals surface area contributed by atoms with Gasteiger partial charge in [0.25, 0.3) is 0 Å². The summed E-state index contributed by atoms with van der Waals surface area (Å²) >= 11 is 0. The zero-order chi connectivity index (χ0) is 19.1. The first-order chi connectivity index (χ1) is 13.1. The predicted octanol–water partition coefficient (Wildman–Crippen LogP) is 3.18. The van der Waals surface area contributed by atoms with Crippen LogP contribution in [0, 0.1) is 17.7 Å². The molecule has 1 aromatic carbocycles. The summed E-state index contributed by atoms with van der Waals surface area (Å²) in [5, 5.41) is 6.53. The highest BCUT2D eigenvalue weighted by molar-refractivity contribution is 5.85. The number of rotatable bonds is 7. The third kappa shape index (κ3) is 8.02. The normalized spacial score (nSPS) is 21.9. The molecule has 0 saturated carbocycles. The Morgan fingerprint density at radius 2 is 2.10 bits per heavy atom. The SMILES string of the molecule is CC(CC(=O)NCC(c1cccc(F)c1)N1CCOCC1)C1CCCNC1.Cl.Cl. The number of carbonyl (C=O) groups is 1. The van der Waals surface area contributed by atoms with Gasteiger partial charge in [-0.15, -0.1) is 24.8 Å². The third-order valence-electron chi connectivity index (χ3n) is 5.86. The largest absolute Gasteiger partial charge is 0.379 e. The average Bonchev–Trinajstić information content (AvgIpc) is 2.70. The van der Waals surface area contributed by atoms with E-state index in [9.17, 15) is 9.18 Å². The Hall–Kier alpha value is -0.920. The first kappa shape index (κ1) is 26.1. The van der Waals surface area contributed by atoms with E-state index in [4.69, 9.17) is 4.74 Å². The maximum Gasteiger partial charge on any atom is 0.220 e. The van der Waals surface area contributed by atoms with Gasteiger partial charge in [-0.25, -0.2) is 4.39 Å². The number of ether oxygens (including phenoxy) is 1. The molecule has 5 nitrogen and oxygen atoms in total. The van der Waals surface area contributed by atoms with Crippen LogP contribution >= 0.6 is 24.8 Å². The van der Waals surface area contributed by atoms with Crippen LogP contribution in [0.25, 0.3) is 0 Å². The lowest BCUT2D eigenvalue weighted by atomic mass is 9.85. The standard InChI is InChI=1S/C21H32FN3O2.2ClH/c1-16(18-5-3-7-23-14-18)12-21(26)24-15-20(25-8-10-27-11-9-25)17-4-2-6-19(22)13-17;;/h2,4,6,13,16,18,20,23H,3,5,7-12,14-15H2,1H3,(H,24,26);2*1H. The van der Waals surface area contributed by atoms with Gasteiger partial charge in [-0.1, -0.05) is 19.1 Å². The van der Waals surface area contributed by atoms with Gasteiger partial charge in [0, 0.05) is 26.1 Å². The lowest BCUT2D eigenvalue weighted by molar-refractivity contribution is -0.122. The van der Waals surface area contributed by atoms with Crippen molar-refractivity contribution in [3.05, 3.63) is 35.6 Å². The molecule has 1 amide bonds. The molecule has 2 N–H and O–H groups in total. The number of nitrogens with one attached hydrogen (secondary N) is 2. The number of piperidine rings is 1. The van der Waals surface area contributed by atoms with E-state index in [1.54, 1.807) is 12.1 Å². The highest BCUT2D eigenvalue weighted by atomic mass is 35.5. The van der Waals surface area contributed by atoms with Crippen LogP contribution in [0.1, 0.15) is 37.8 Å². The number of nitrogens with zero attached hydrogens (tertiary/aromatic N) is 1. The van der Waals surface area contributed by atoms with E-state index < -0.39 is 0 Å². The van der Waals surface area contributed by atoms with E-state index in [0.29, 0.717) is 38.0 Å². The zero-order valence-electron chi connectivity index (χ0n) is 17.1. The van der Waals surface area contributed by atoms with Crippen LogP contribution in [0.4, 0.5) is 4.39 Å². The fourth-order valence-electron chi connectivity index (χ4n) is 4.17. The number of hydrogen-bond acceptors (Lipinski definition) is 4. The minimum Gasteiger partial charge on any atom is -0.379 e. The van der Waals surface area contributed by atoms with Crippen LogP contribution in [0.2, 0.25) is 0 Å². The quantitative estimate of drug-likeness (QED) is 0.670. The van der Waals surface area contributed by atoms with Gasteiger partial charge in [0.15, 0.2) is 0 Å². The number of hydrogen-bond donors (Lipinski definition) is 2. The number of amides is 1. The highest BCUT2D eigenvalue weighted by Crippen LogP contribution is 2.24. The molecular weight excluding hydrogens is 416 g/mol. The van der Waals surface area contributed by atoms with Crippen molar-refractivity contribution in [1.29, 1.82) is 0 Å². The van der Waals surface area contributed by atoms with Crippen LogP contribution < -0.4 is 10.6 Å². The minimum atomic E-state index is -0.240. The van der Waals surface area contributed by atoms with Gasteiger partial charge in [-0.05, 0) is 55.5 Å². The van der Waals surface area contributed by atoms with Gasteiger partial charge in [0.05, 0.1) is 19.3 Å². The van der Waals surface area contributed by atoms with Crippen molar-refractivity contribution in [2.75, 3.05) is 45.9 Å². The first-order valence-electron chi connectivity index (χ1n) is 10.2. The van der Waals surface area contributed by atoms with Crippen molar-refractivity contribution in [3.8, 4) is 0 Å². The Balaban J connectivity index is 0.00000210. The predicted molar refractivity (Wildman–Crippen MR) is 118 cm³/mol. The second-order valence-electron chi connectivity index (χ2n) is 7.81. The van der Waals surface area contributed by atoms with Gasteiger partial charge in [0.2, 0.25) is 5.91 Å². The molecule has 0 bridgehead atoms. The second kappa shape index (κ2) is 13.4. The van der Waals surface area contributed by atoms with Crippen molar-refractivity contribution in [2.24, 2.45) is 11.8 Å². The van der Waals surface area contributed by atoms with Crippen molar-refractivity contribution in [3.63, 3.8) is 0 Å². The topological polar surface area (TPSA) is 53.6 Å². The maximum atomic E-state index is 13.7. The minimum absolute atomic E-state index is 0. The van der Waals surface area contributed by atoms with Gasteiger partial charge in [0.1, 0.15) is 5.82 Å². The molecule has 3 rings (SSSR count). The Bertz CT molecular complexity index is 611. The smallest absolute Gasteiger partial charge is 0.220 e. The van der Waals surface area contributed by atoms with E-state index in [1.807, 2.05) is 6.07 Å². The number of morpholine rings is 1. The molecule has 0 radical (unpaired) electrons. The van der Waals surface area contributed by atoms with Crippen LogP contribution in [0.5, 0.6) is 0 Å². The van der Waals surface area contributed by atoms with Crippen molar-refractivity contribution >= 4 is 30.7 Å². The molecule has 3 atom stereocenters. The molecule has 29 heavy (non-hydrogen) atoms. The molecule has 2 aliphatic heterocycles. The van der Waals surface area contributed by atoms with Crippen LogP contribution in [-0.2, 0) is 9.53 Å². The Morgan fingerprint density at radius 3 is 2.76 bits per heavy atom. The highest BCUT2D eigenvalue weighted by Gasteiger charge is 2.25. The summed E-state index contributed by atoms with van der Waals surface area (Å²) in [5.74, 6) is 0.787. The fourth-order valence-corrected chi connectivity index (χ4v) is 4.17. The van der Waals surface area contributed by atoms with E-state index in [-0.39, 0.29) is 42.6 Å². The Kier molecular flexibility index (Phi) is 12.1. The summed E-state index contributed by atoms with van der Waals surface area (Å²) in [6, 6.07) is 6.67. The number of carbonyl (C=O) groups excluding carboxylic acids is 1. The molecule has 2 heterocycles. The monoisotopic (exact) mass is 449 g/mol. The summed E-state index contributed by atoms with van der Waals surface area (Å²) in [5.41, 5.74) is 0.904. The first-order valence-corrected chi connectivity index (χ1v) is 10.2. The van der Waals surface area contributed by atoms with Crippen molar-refractivity contribution in [1.82, 2.24) is 15.5 Å². The summed E-state index contributed by atoms with van der Waals surface area (Å²) in [7, 11) is 0. The molecule has 0 aromatic heterocycles. The van der Waals surface area contributed by atoms with E-state index >= 15 is 0 Å². The van der Waals surface area contributed by atoms with Gasteiger partial charge >= 0.3 is 0 Å². The van der Waals surface area contributed by atoms with Crippen molar-refractivity contribution < 1.29 is 13.9 Å². The number of benzene rings is 1. The van der Waals surface area contributed by atoms with E-state index in [2.05, 4.69) is 22.5 Å². The summed E-state index contributed by atoms with van der Waals surface area (Å²) in [6.07, 6.45) is 2.93. The summed E-state index contributed by atoms with van der Waals surface area (Å²) in [4.78, 5) is 14.8. The van der Waals surface area contributed by atoms with Gasteiger partial charge < -0.3 is 15.4 Å². The third-order valence-corrected chi connectivity index (χ3v) is 5.86. The van der Waals surface area contributed by atoms with Gasteiger partial charge in [-0.2, -0.15) is 0 Å².